The van der Waals surface area contributed by atoms with Gasteiger partial charge in [0.2, 0.25) is 0 Å². The predicted octanol–water partition coefficient (Wildman–Crippen LogP) is 1.91. The van der Waals surface area contributed by atoms with E-state index in [4.69, 9.17) is 0 Å². The summed E-state index contributed by atoms with van der Waals surface area (Å²) in [6, 6.07) is 6.07. The highest BCUT2D eigenvalue weighted by atomic mass is 16.2. The number of amides is 1. The van der Waals surface area contributed by atoms with Crippen molar-refractivity contribution in [3.8, 4) is 0 Å². The number of carbonyl (C=O) groups is 1. The molecule has 1 atom stereocenters. The fraction of sp³-hybridized carbons (Fsp3) is 0.500. The Hall–Kier alpha value is -2.21. The number of hydrogen-bond acceptors (Lipinski definition) is 4. The highest BCUT2D eigenvalue weighted by molar-refractivity contribution is 5.95. The Morgan fingerprint density at radius 1 is 1.38 bits per heavy atom. The first-order chi connectivity index (χ1) is 11.7. The van der Waals surface area contributed by atoms with E-state index in [9.17, 15) is 4.79 Å². The SMILES string of the molecule is Cc1c(C(=O)N(Cc2ccccn2)C2CCCNCC2)cnn1C. The van der Waals surface area contributed by atoms with Crippen LogP contribution in [0.1, 0.15) is 41.0 Å². The number of rotatable bonds is 4. The Morgan fingerprint density at radius 3 is 2.96 bits per heavy atom. The molecule has 6 nitrogen and oxygen atoms in total. The quantitative estimate of drug-likeness (QED) is 0.932. The van der Waals surface area contributed by atoms with Gasteiger partial charge < -0.3 is 10.2 Å². The highest BCUT2D eigenvalue weighted by Gasteiger charge is 2.28. The molecule has 3 rings (SSSR count). The molecule has 1 amide bonds. The molecule has 1 saturated heterocycles. The molecule has 3 heterocycles. The number of aryl methyl sites for hydroxylation is 1. The summed E-state index contributed by atoms with van der Waals surface area (Å²) in [5, 5.41) is 7.65. The predicted molar refractivity (Wildman–Crippen MR) is 92.6 cm³/mol. The fourth-order valence-corrected chi connectivity index (χ4v) is 3.21. The van der Waals surface area contributed by atoms with Crippen molar-refractivity contribution in [3.63, 3.8) is 0 Å². The average molecular weight is 327 g/mol. The average Bonchev–Trinajstić information content (AvgIpc) is 2.81. The van der Waals surface area contributed by atoms with Gasteiger partial charge in [0.25, 0.3) is 5.91 Å². The first-order valence-corrected chi connectivity index (χ1v) is 8.57. The molecule has 2 aromatic rings. The van der Waals surface area contributed by atoms with Gasteiger partial charge in [-0.2, -0.15) is 5.10 Å². The number of nitrogens with zero attached hydrogens (tertiary/aromatic N) is 4. The fourth-order valence-electron chi connectivity index (χ4n) is 3.21. The van der Waals surface area contributed by atoms with E-state index in [1.54, 1.807) is 17.1 Å². The molecule has 2 aromatic heterocycles. The lowest BCUT2D eigenvalue weighted by molar-refractivity contribution is 0.0641. The zero-order valence-corrected chi connectivity index (χ0v) is 14.4. The highest BCUT2D eigenvalue weighted by Crippen LogP contribution is 2.20. The molecule has 0 spiro atoms. The zero-order chi connectivity index (χ0) is 16.9. The second-order valence-corrected chi connectivity index (χ2v) is 6.36. The third-order valence-corrected chi connectivity index (χ3v) is 4.77. The standard InChI is InChI=1S/C18H25N5O/c1-14-17(12-21-22(14)2)18(24)23(13-15-6-3-4-10-20-15)16-7-5-9-19-11-8-16/h3-4,6,10,12,16,19H,5,7-9,11,13H2,1-2H3. The van der Waals surface area contributed by atoms with Crippen LogP contribution in [0.3, 0.4) is 0 Å². The van der Waals surface area contributed by atoms with Crippen molar-refractivity contribution in [3.05, 3.63) is 47.5 Å². The van der Waals surface area contributed by atoms with Crippen LogP contribution in [-0.4, -0.2) is 44.7 Å². The second kappa shape index (κ2) is 7.57. The van der Waals surface area contributed by atoms with E-state index in [-0.39, 0.29) is 11.9 Å². The topological polar surface area (TPSA) is 63.1 Å². The van der Waals surface area contributed by atoms with E-state index in [2.05, 4.69) is 15.4 Å². The summed E-state index contributed by atoms with van der Waals surface area (Å²) in [6.07, 6.45) is 6.53. The van der Waals surface area contributed by atoms with E-state index >= 15 is 0 Å². The van der Waals surface area contributed by atoms with Gasteiger partial charge in [0.15, 0.2) is 0 Å². The Kier molecular flexibility index (Phi) is 5.25. The van der Waals surface area contributed by atoms with Crippen molar-refractivity contribution in [1.29, 1.82) is 0 Å². The Bertz CT molecular complexity index is 674. The Labute approximate surface area is 142 Å². The smallest absolute Gasteiger partial charge is 0.257 e. The summed E-state index contributed by atoms with van der Waals surface area (Å²) >= 11 is 0. The van der Waals surface area contributed by atoms with E-state index < -0.39 is 0 Å². The van der Waals surface area contributed by atoms with Gasteiger partial charge in [0.05, 0.1) is 24.0 Å². The molecule has 128 valence electrons. The summed E-state index contributed by atoms with van der Waals surface area (Å²) in [5.41, 5.74) is 2.51. The molecular formula is C18H25N5O. The zero-order valence-electron chi connectivity index (χ0n) is 14.4. The molecule has 24 heavy (non-hydrogen) atoms. The van der Waals surface area contributed by atoms with Crippen LogP contribution in [0.4, 0.5) is 0 Å². The Balaban J connectivity index is 1.88. The third-order valence-electron chi connectivity index (χ3n) is 4.77. The molecule has 0 bridgehead atoms. The van der Waals surface area contributed by atoms with Crippen LogP contribution in [-0.2, 0) is 13.6 Å². The van der Waals surface area contributed by atoms with Gasteiger partial charge in [-0.3, -0.25) is 14.5 Å². The van der Waals surface area contributed by atoms with Gasteiger partial charge in [-0.05, 0) is 51.4 Å². The van der Waals surface area contributed by atoms with Crippen molar-refractivity contribution in [2.75, 3.05) is 13.1 Å². The number of aromatic nitrogens is 3. The third kappa shape index (κ3) is 3.64. The lowest BCUT2D eigenvalue weighted by atomic mass is 10.1. The normalized spacial score (nSPS) is 18.2. The van der Waals surface area contributed by atoms with Crippen LogP contribution in [0, 0.1) is 6.92 Å². The van der Waals surface area contributed by atoms with Gasteiger partial charge in [-0.1, -0.05) is 6.07 Å². The molecular weight excluding hydrogens is 302 g/mol. The van der Waals surface area contributed by atoms with Crippen molar-refractivity contribution in [1.82, 2.24) is 25.0 Å². The molecule has 6 heteroatoms. The minimum Gasteiger partial charge on any atom is -0.330 e. The van der Waals surface area contributed by atoms with Crippen molar-refractivity contribution in [2.24, 2.45) is 7.05 Å². The molecule has 1 aliphatic rings. The van der Waals surface area contributed by atoms with E-state index in [1.165, 1.54) is 0 Å². The molecule has 0 saturated carbocycles. The van der Waals surface area contributed by atoms with Crippen molar-refractivity contribution < 1.29 is 4.79 Å². The van der Waals surface area contributed by atoms with Crippen molar-refractivity contribution >= 4 is 5.91 Å². The van der Waals surface area contributed by atoms with Gasteiger partial charge in [0, 0.05) is 25.0 Å². The summed E-state index contributed by atoms with van der Waals surface area (Å²) in [5.74, 6) is 0.0538. The lowest BCUT2D eigenvalue weighted by Gasteiger charge is -2.31. The first-order valence-electron chi connectivity index (χ1n) is 8.57. The van der Waals surface area contributed by atoms with Crippen LogP contribution >= 0.6 is 0 Å². The summed E-state index contributed by atoms with van der Waals surface area (Å²) in [4.78, 5) is 19.6. The first kappa shape index (κ1) is 16.6. The molecule has 1 aliphatic heterocycles. The molecule has 0 radical (unpaired) electrons. The van der Waals surface area contributed by atoms with E-state index in [0.29, 0.717) is 12.1 Å². The van der Waals surface area contributed by atoms with Crippen LogP contribution in [0.2, 0.25) is 0 Å². The summed E-state index contributed by atoms with van der Waals surface area (Å²) in [6.45, 7) is 4.45. The second-order valence-electron chi connectivity index (χ2n) is 6.36. The summed E-state index contributed by atoms with van der Waals surface area (Å²) in [7, 11) is 1.87. The number of nitrogens with one attached hydrogen (secondary N) is 1. The molecule has 0 aliphatic carbocycles. The van der Waals surface area contributed by atoms with Gasteiger partial charge in [-0.25, -0.2) is 0 Å². The maximum Gasteiger partial charge on any atom is 0.257 e. The lowest BCUT2D eigenvalue weighted by Crippen LogP contribution is -2.40. The minimum atomic E-state index is 0.0538. The number of carbonyl (C=O) groups excluding carboxylic acids is 1. The molecule has 1 N–H and O–H groups in total. The number of hydrogen-bond donors (Lipinski definition) is 1. The van der Waals surface area contributed by atoms with Gasteiger partial charge in [-0.15, -0.1) is 0 Å². The van der Waals surface area contributed by atoms with E-state index in [1.807, 2.05) is 37.1 Å². The number of pyridine rings is 1. The van der Waals surface area contributed by atoms with Crippen LogP contribution < -0.4 is 5.32 Å². The van der Waals surface area contributed by atoms with Crippen LogP contribution in [0.25, 0.3) is 0 Å². The maximum absolute atomic E-state index is 13.2. The van der Waals surface area contributed by atoms with Crippen LogP contribution in [0.15, 0.2) is 30.6 Å². The maximum atomic E-state index is 13.2. The molecule has 1 fully saturated rings. The van der Waals surface area contributed by atoms with Gasteiger partial charge >= 0.3 is 0 Å². The monoisotopic (exact) mass is 327 g/mol. The summed E-state index contributed by atoms with van der Waals surface area (Å²) < 4.78 is 1.75. The van der Waals surface area contributed by atoms with Gasteiger partial charge in [0.1, 0.15) is 0 Å². The van der Waals surface area contributed by atoms with Crippen LogP contribution in [0.5, 0.6) is 0 Å². The Morgan fingerprint density at radius 2 is 2.25 bits per heavy atom. The molecule has 1 unspecified atom stereocenters. The van der Waals surface area contributed by atoms with E-state index in [0.717, 1.165) is 43.7 Å². The largest absolute Gasteiger partial charge is 0.330 e. The van der Waals surface area contributed by atoms with Crippen molar-refractivity contribution in [2.45, 2.75) is 38.8 Å². The minimum absolute atomic E-state index is 0.0538. The molecule has 0 aromatic carbocycles.